The average molecular weight is 315 g/mol. The van der Waals surface area contributed by atoms with Gasteiger partial charge in [0.05, 0.1) is 5.39 Å². The first-order valence-corrected chi connectivity index (χ1v) is 6.91. The van der Waals surface area contributed by atoms with Crippen molar-refractivity contribution < 1.29 is 9.21 Å². The monoisotopic (exact) mass is 314 g/mol. The topological polar surface area (TPSA) is 72.2 Å². The highest BCUT2D eigenvalue weighted by Gasteiger charge is 2.14. The van der Waals surface area contributed by atoms with Crippen LogP contribution in [0.25, 0.3) is 11.0 Å². The van der Waals surface area contributed by atoms with Crippen LogP contribution in [0, 0.1) is 0 Å². The Morgan fingerprint density at radius 3 is 2.95 bits per heavy atom. The molecule has 0 aliphatic heterocycles. The summed E-state index contributed by atoms with van der Waals surface area (Å²) in [5.41, 5.74) is 0.758. The normalized spacial score (nSPS) is 10.6. The molecule has 1 N–H and O–H groups in total. The zero-order chi connectivity index (χ0) is 15.5. The SMILES string of the molecule is O=C(NCc1cccnc1)c1coc2ccc(Cl)cc2c1=O. The summed E-state index contributed by atoms with van der Waals surface area (Å²) < 4.78 is 5.32. The zero-order valence-corrected chi connectivity index (χ0v) is 12.1. The predicted molar refractivity (Wildman–Crippen MR) is 82.9 cm³/mol. The number of benzene rings is 1. The molecule has 5 nitrogen and oxygen atoms in total. The van der Waals surface area contributed by atoms with Gasteiger partial charge in [-0.2, -0.15) is 0 Å². The van der Waals surface area contributed by atoms with Crippen molar-refractivity contribution in [3.63, 3.8) is 0 Å². The van der Waals surface area contributed by atoms with Gasteiger partial charge < -0.3 is 9.73 Å². The number of nitrogens with zero attached hydrogens (tertiary/aromatic N) is 1. The molecule has 1 aromatic carbocycles. The molecule has 0 bridgehead atoms. The summed E-state index contributed by atoms with van der Waals surface area (Å²) in [6.07, 6.45) is 4.45. The lowest BCUT2D eigenvalue weighted by Crippen LogP contribution is -2.28. The molecular weight excluding hydrogens is 304 g/mol. The zero-order valence-electron chi connectivity index (χ0n) is 11.4. The Labute approximate surface area is 130 Å². The summed E-state index contributed by atoms with van der Waals surface area (Å²) in [7, 11) is 0. The number of aromatic nitrogens is 1. The minimum Gasteiger partial charge on any atom is -0.463 e. The molecule has 6 heteroatoms. The van der Waals surface area contributed by atoms with Crippen LogP contribution in [0.3, 0.4) is 0 Å². The first-order valence-electron chi connectivity index (χ1n) is 6.53. The van der Waals surface area contributed by atoms with E-state index in [0.717, 1.165) is 11.8 Å². The summed E-state index contributed by atoms with van der Waals surface area (Å²) in [5.74, 6) is -0.500. The summed E-state index contributed by atoms with van der Waals surface area (Å²) in [6, 6.07) is 8.30. The number of halogens is 1. The Kier molecular flexibility index (Phi) is 3.89. The van der Waals surface area contributed by atoms with E-state index in [4.69, 9.17) is 16.0 Å². The molecule has 0 saturated heterocycles. The first-order chi connectivity index (χ1) is 10.6. The van der Waals surface area contributed by atoms with Crippen LogP contribution >= 0.6 is 11.6 Å². The molecule has 0 aliphatic carbocycles. The minimum absolute atomic E-state index is 0.0568. The number of hydrogen-bond acceptors (Lipinski definition) is 4. The molecule has 0 saturated carbocycles. The first kappa shape index (κ1) is 14.3. The van der Waals surface area contributed by atoms with Crippen LogP contribution in [-0.4, -0.2) is 10.9 Å². The Hall–Kier alpha value is -2.66. The highest BCUT2D eigenvalue weighted by atomic mass is 35.5. The molecule has 0 unspecified atom stereocenters. The smallest absolute Gasteiger partial charge is 0.258 e. The number of rotatable bonds is 3. The van der Waals surface area contributed by atoms with Gasteiger partial charge in [0.15, 0.2) is 0 Å². The van der Waals surface area contributed by atoms with E-state index in [1.54, 1.807) is 30.6 Å². The molecule has 22 heavy (non-hydrogen) atoms. The average Bonchev–Trinajstić information content (AvgIpc) is 2.54. The van der Waals surface area contributed by atoms with Crippen LogP contribution in [0.15, 0.2) is 58.2 Å². The quantitative estimate of drug-likeness (QED) is 0.807. The third-order valence-electron chi connectivity index (χ3n) is 3.16. The fraction of sp³-hybridized carbons (Fsp3) is 0.0625. The summed E-state index contributed by atoms with van der Waals surface area (Å²) in [6.45, 7) is 0.277. The van der Waals surface area contributed by atoms with Gasteiger partial charge in [-0.15, -0.1) is 0 Å². The summed E-state index contributed by atoms with van der Waals surface area (Å²) in [5, 5.41) is 3.35. The van der Waals surface area contributed by atoms with E-state index >= 15 is 0 Å². The lowest BCUT2D eigenvalue weighted by atomic mass is 10.1. The molecule has 110 valence electrons. The van der Waals surface area contributed by atoms with Gasteiger partial charge in [-0.25, -0.2) is 0 Å². The number of pyridine rings is 1. The van der Waals surface area contributed by atoms with Crippen molar-refractivity contribution in [1.29, 1.82) is 0 Å². The van der Waals surface area contributed by atoms with Gasteiger partial charge in [-0.1, -0.05) is 17.7 Å². The maximum absolute atomic E-state index is 12.3. The highest BCUT2D eigenvalue weighted by molar-refractivity contribution is 6.31. The van der Waals surface area contributed by atoms with E-state index < -0.39 is 11.3 Å². The maximum Gasteiger partial charge on any atom is 0.258 e. The number of fused-ring (bicyclic) bond motifs is 1. The molecule has 3 aromatic rings. The Morgan fingerprint density at radius 1 is 1.32 bits per heavy atom. The van der Waals surface area contributed by atoms with E-state index in [2.05, 4.69) is 10.3 Å². The molecule has 3 rings (SSSR count). The number of amides is 1. The number of hydrogen-bond donors (Lipinski definition) is 1. The van der Waals surface area contributed by atoms with Crippen molar-refractivity contribution in [2.24, 2.45) is 0 Å². The van der Waals surface area contributed by atoms with Gasteiger partial charge in [-0.05, 0) is 29.8 Å². The van der Waals surface area contributed by atoms with Gasteiger partial charge >= 0.3 is 0 Å². The number of nitrogens with one attached hydrogen (secondary N) is 1. The van der Waals surface area contributed by atoms with Crippen LogP contribution in [0.4, 0.5) is 0 Å². The maximum atomic E-state index is 12.3. The van der Waals surface area contributed by atoms with Crippen molar-refractivity contribution in [2.45, 2.75) is 6.54 Å². The Bertz CT molecular complexity index is 891. The van der Waals surface area contributed by atoms with E-state index in [1.165, 1.54) is 6.07 Å². The van der Waals surface area contributed by atoms with E-state index in [9.17, 15) is 9.59 Å². The molecule has 0 radical (unpaired) electrons. The largest absolute Gasteiger partial charge is 0.463 e. The number of carbonyl (C=O) groups is 1. The minimum atomic E-state index is -0.500. The van der Waals surface area contributed by atoms with Crippen LogP contribution in [0.1, 0.15) is 15.9 Å². The van der Waals surface area contributed by atoms with Crippen molar-refractivity contribution in [2.75, 3.05) is 0 Å². The van der Waals surface area contributed by atoms with Gasteiger partial charge in [-0.3, -0.25) is 14.6 Å². The molecule has 2 aromatic heterocycles. The molecule has 0 atom stereocenters. The third kappa shape index (κ3) is 2.84. The van der Waals surface area contributed by atoms with Gasteiger partial charge in [0.25, 0.3) is 5.91 Å². The van der Waals surface area contributed by atoms with Crippen LogP contribution < -0.4 is 10.7 Å². The molecule has 1 amide bonds. The summed E-state index contributed by atoms with van der Waals surface area (Å²) >= 11 is 5.88. The highest BCUT2D eigenvalue weighted by Crippen LogP contribution is 2.17. The van der Waals surface area contributed by atoms with Gasteiger partial charge in [0.2, 0.25) is 5.43 Å². The lowest BCUT2D eigenvalue weighted by Gasteiger charge is -2.05. The van der Waals surface area contributed by atoms with Crippen LogP contribution in [0.2, 0.25) is 5.02 Å². The fourth-order valence-electron chi connectivity index (χ4n) is 2.04. The van der Waals surface area contributed by atoms with Gasteiger partial charge in [0, 0.05) is 24.0 Å². The summed E-state index contributed by atoms with van der Waals surface area (Å²) in [4.78, 5) is 28.4. The van der Waals surface area contributed by atoms with E-state index in [1.807, 2.05) is 6.07 Å². The van der Waals surface area contributed by atoms with Crippen molar-refractivity contribution in [3.05, 3.63) is 75.4 Å². The van der Waals surface area contributed by atoms with E-state index in [0.29, 0.717) is 10.6 Å². The second-order valence-electron chi connectivity index (χ2n) is 4.66. The predicted octanol–water partition coefficient (Wildman–Crippen LogP) is 2.77. The molecule has 0 fully saturated rings. The van der Waals surface area contributed by atoms with E-state index in [-0.39, 0.29) is 17.5 Å². The Morgan fingerprint density at radius 2 is 2.18 bits per heavy atom. The Balaban J connectivity index is 1.88. The number of carbonyl (C=O) groups excluding carboxylic acids is 1. The molecule has 0 aliphatic rings. The molecule has 0 spiro atoms. The molecule has 2 heterocycles. The standard InChI is InChI=1S/C16H11ClN2O3/c17-11-3-4-14-12(6-11)15(20)13(9-22-14)16(21)19-8-10-2-1-5-18-7-10/h1-7,9H,8H2,(H,19,21). The van der Waals surface area contributed by atoms with Crippen LogP contribution in [0.5, 0.6) is 0 Å². The van der Waals surface area contributed by atoms with Crippen LogP contribution in [-0.2, 0) is 6.54 Å². The van der Waals surface area contributed by atoms with Crippen molar-refractivity contribution in [1.82, 2.24) is 10.3 Å². The second-order valence-corrected chi connectivity index (χ2v) is 5.10. The van der Waals surface area contributed by atoms with Gasteiger partial charge in [0.1, 0.15) is 17.4 Å². The lowest BCUT2D eigenvalue weighted by molar-refractivity contribution is 0.0948. The van der Waals surface area contributed by atoms with Crippen molar-refractivity contribution >= 4 is 28.5 Å². The fourth-order valence-corrected chi connectivity index (χ4v) is 2.21. The third-order valence-corrected chi connectivity index (χ3v) is 3.39. The second kappa shape index (κ2) is 5.99. The van der Waals surface area contributed by atoms with Crippen molar-refractivity contribution in [3.8, 4) is 0 Å². The molecular formula is C16H11ClN2O3.